The van der Waals surface area contributed by atoms with Crippen LogP contribution in [0, 0.1) is 24.5 Å². The smallest absolute Gasteiger partial charge is 0.407 e. The van der Waals surface area contributed by atoms with Gasteiger partial charge in [0.2, 0.25) is 21.9 Å². The summed E-state index contributed by atoms with van der Waals surface area (Å²) in [6.07, 6.45) is 2.90. The van der Waals surface area contributed by atoms with Crippen LogP contribution < -0.4 is 14.8 Å². The van der Waals surface area contributed by atoms with E-state index in [9.17, 15) is 22.7 Å². The van der Waals surface area contributed by atoms with Gasteiger partial charge in [0.15, 0.2) is 0 Å². The zero-order chi connectivity index (χ0) is 34.0. The molecule has 1 saturated heterocycles. The molecule has 5 aromatic rings. The molecule has 1 amide bonds. The number of carboxylic acid groups (broad SMARTS) is 1. The van der Waals surface area contributed by atoms with Crippen molar-refractivity contribution >= 4 is 38.5 Å². The quantitative estimate of drug-likeness (QED) is 0.153. The van der Waals surface area contributed by atoms with Crippen molar-refractivity contribution in [2.24, 2.45) is 5.92 Å². The fraction of sp³-hybridized carbons (Fsp3) is 0.235. The highest BCUT2D eigenvalue weighted by Crippen LogP contribution is 2.40. The van der Waals surface area contributed by atoms with Gasteiger partial charge in [0.1, 0.15) is 17.4 Å². The first-order chi connectivity index (χ1) is 23.0. The number of rotatable bonds is 9. The molecule has 6 rings (SSSR count). The third-order valence-corrected chi connectivity index (χ3v) is 9.23. The molecule has 1 aliphatic rings. The molecule has 248 valence electrons. The number of amides is 1. The summed E-state index contributed by atoms with van der Waals surface area (Å²) in [6.45, 7) is 4.55. The normalized spacial score (nSPS) is 16.5. The van der Waals surface area contributed by atoms with Gasteiger partial charge >= 0.3 is 6.09 Å². The maximum Gasteiger partial charge on any atom is 0.407 e. The van der Waals surface area contributed by atoms with E-state index < -0.39 is 33.5 Å². The lowest BCUT2D eigenvalue weighted by Crippen LogP contribution is -2.47. The Kier molecular flexibility index (Phi) is 9.09. The number of benzene rings is 3. The van der Waals surface area contributed by atoms with E-state index in [1.807, 2.05) is 6.92 Å². The van der Waals surface area contributed by atoms with Crippen LogP contribution in [-0.4, -0.2) is 58.6 Å². The minimum Gasteiger partial charge on any atom is -0.465 e. The molecule has 1 fully saturated rings. The number of likely N-dealkylation sites (tertiary alicyclic amines) is 1. The Morgan fingerprint density at radius 1 is 0.979 bits per heavy atom. The summed E-state index contributed by atoms with van der Waals surface area (Å²) in [5.41, 5.74) is 1.34. The number of carbonyl (C=O) groups is 1. The molecule has 3 N–H and O–H groups in total. The standard InChI is InChI=1S/C34H32F2N6O5S/c1-20-16-23(18-42(17-20)34(43)44)39-33-38-15-13-29(40-33)26-7-5-14-37-32(26)47-31-21(2)9-10-24-25(31)11-12-28(36)30(24)41-48(45,46)19-22-6-3-4-8-27(22)35/h3-15,20,23,41H,16-19H2,1-2H3,(H,43,44)(H,38,39,40)/t20-,23+/m1/s1. The highest BCUT2D eigenvalue weighted by molar-refractivity contribution is 7.91. The van der Waals surface area contributed by atoms with Crippen LogP contribution in [0.3, 0.4) is 0 Å². The van der Waals surface area contributed by atoms with Crippen molar-refractivity contribution in [2.75, 3.05) is 23.1 Å². The van der Waals surface area contributed by atoms with Crippen LogP contribution in [0.1, 0.15) is 24.5 Å². The summed E-state index contributed by atoms with van der Waals surface area (Å²) < 4.78 is 64.2. The van der Waals surface area contributed by atoms with Gasteiger partial charge in [-0.05, 0) is 61.2 Å². The Morgan fingerprint density at radius 2 is 1.77 bits per heavy atom. The van der Waals surface area contributed by atoms with Crippen molar-refractivity contribution in [3.63, 3.8) is 0 Å². The van der Waals surface area contributed by atoms with Gasteiger partial charge < -0.3 is 20.1 Å². The summed E-state index contributed by atoms with van der Waals surface area (Å²) in [7, 11) is -4.21. The van der Waals surface area contributed by atoms with Crippen LogP contribution in [0.15, 0.2) is 79.1 Å². The van der Waals surface area contributed by atoms with E-state index in [-0.39, 0.29) is 34.5 Å². The average molecular weight is 675 g/mol. The van der Waals surface area contributed by atoms with Crippen LogP contribution in [0.25, 0.3) is 22.0 Å². The predicted molar refractivity (Wildman–Crippen MR) is 177 cm³/mol. The molecular weight excluding hydrogens is 642 g/mol. The maximum absolute atomic E-state index is 15.2. The molecule has 48 heavy (non-hydrogen) atoms. The van der Waals surface area contributed by atoms with Gasteiger partial charge in [0.25, 0.3) is 0 Å². The van der Waals surface area contributed by atoms with Crippen molar-refractivity contribution in [1.82, 2.24) is 19.9 Å². The fourth-order valence-corrected chi connectivity index (χ4v) is 7.08. The van der Waals surface area contributed by atoms with Gasteiger partial charge in [-0.25, -0.2) is 36.9 Å². The zero-order valence-electron chi connectivity index (χ0n) is 26.0. The van der Waals surface area contributed by atoms with Gasteiger partial charge in [-0.2, -0.15) is 0 Å². The predicted octanol–water partition coefficient (Wildman–Crippen LogP) is 6.81. The molecule has 0 bridgehead atoms. The second kappa shape index (κ2) is 13.4. The van der Waals surface area contributed by atoms with E-state index in [0.29, 0.717) is 47.0 Å². The Bertz CT molecular complexity index is 2120. The zero-order valence-corrected chi connectivity index (χ0v) is 26.8. The first-order valence-electron chi connectivity index (χ1n) is 15.1. The molecule has 2 aromatic heterocycles. The van der Waals surface area contributed by atoms with E-state index in [2.05, 4.69) is 25.0 Å². The number of pyridine rings is 1. The number of sulfonamides is 1. The number of aryl methyl sites for hydroxylation is 1. The molecule has 0 aliphatic carbocycles. The maximum atomic E-state index is 15.2. The first kappa shape index (κ1) is 32.6. The number of anilines is 2. The highest BCUT2D eigenvalue weighted by atomic mass is 32.2. The Labute approximate surface area is 275 Å². The average Bonchev–Trinajstić information content (AvgIpc) is 3.04. The SMILES string of the molecule is Cc1ccc2c(NS(=O)(=O)Cc3ccccc3F)c(F)ccc2c1Oc1ncccc1-c1ccnc(N[C@H]2C[C@@H](C)CN(C(=O)O)C2)n1. The molecule has 0 saturated carbocycles. The second-order valence-corrected chi connectivity index (χ2v) is 13.5. The Balaban J connectivity index is 1.30. The molecule has 0 spiro atoms. The fourth-order valence-electron chi connectivity index (χ4n) is 5.85. The number of piperidine rings is 1. The lowest BCUT2D eigenvalue weighted by atomic mass is 9.96. The highest BCUT2D eigenvalue weighted by Gasteiger charge is 2.28. The van der Waals surface area contributed by atoms with E-state index in [0.717, 1.165) is 18.6 Å². The molecule has 3 aromatic carbocycles. The minimum atomic E-state index is -4.21. The second-order valence-electron chi connectivity index (χ2n) is 11.8. The van der Waals surface area contributed by atoms with Crippen molar-refractivity contribution in [2.45, 2.75) is 32.1 Å². The summed E-state index contributed by atoms with van der Waals surface area (Å²) in [5, 5.41) is 13.4. The number of hydrogen-bond acceptors (Lipinski definition) is 8. The first-order valence-corrected chi connectivity index (χ1v) is 16.8. The molecule has 14 heteroatoms. The third kappa shape index (κ3) is 7.13. The number of ether oxygens (including phenoxy) is 1. The van der Waals surface area contributed by atoms with Crippen molar-refractivity contribution in [1.29, 1.82) is 0 Å². The molecule has 0 unspecified atom stereocenters. The number of nitrogens with zero attached hydrogens (tertiary/aromatic N) is 4. The summed E-state index contributed by atoms with van der Waals surface area (Å²) in [4.78, 5) is 26.4. The van der Waals surface area contributed by atoms with Gasteiger partial charge in [-0.3, -0.25) is 4.72 Å². The van der Waals surface area contributed by atoms with Gasteiger partial charge in [-0.1, -0.05) is 37.3 Å². The lowest BCUT2D eigenvalue weighted by Gasteiger charge is -2.35. The van der Waals surface area contributed by atoms with Crippen molar-refractivity contribution in [3.8, 4) is 22.9 Å². The van der Waals surface area contributed by atoms with Crippen LogP contribution in [0.4, 0.5) is 25.2 Å². The number of nitrogens with one attached hydrogen (secondary N) is 2. The number of fused-ring (bicyclic) bond motifs is 1. The summed E-state index contributed by atoms with van der Waals surface area (Å²) >= 11 is 0. The van der Waals surface area contributed by atoms with E-state index in [4.69, 9.17) is 4.74 Å². The van der Waals surface area contributed by atoms with Crippen LogP contribution in [-0.2, 0) is 15.8 Å². The van der Waals surface area contributed by atoms with Gasteiger partial charge in [-0.15, -0.1) is 0 Å². The molecular formula is C34H32F2N6O5S. The van der Waals surface area contributed by atoms with Crippen molar-refractivity contribution in [3.05, 3.63) is 102 Å². The third-order valence-electron chi connectivity index (χ3n) is 8.02. The summed E-state index contributed by atoms with van der Waals surface area (Å²) in [6, 6.07) is 16.4. The Morgan fingerprint density at radius 3 is 2.56 bits per heavy atom. The Hall–Kier alpha value is -5.37. The molecule has 3 heterocycles. The van der Waals surface area contributed by atoms with Gasteiger partial charge in [0.05, 0.1) is 22.7 Å². The topological polar surface area (TPSA) is 147 Å². The summed E-state index contributed by atoms with van der Waals surface area (Å²) in [5.74, 6) is -1.20. The largest absolute Gasteiger partial charge is 0.465 e. The van der Waals surface area contributed by atoms with Crippen LogP contribution in [0.5, 0.6) is 11.6 Å². The van der Waals surface area contributed by atoms with E-state index in [1.165, 1.54) is 29.2 Å². The van der Waals surface area contributed by atoms with E-state index >= 15 is 4.39 Å². The number of hydrogen-bond donors (Lipinski definition) is 3. The van der Waals surface area contributed by atoms with Gasteiger partial charge in [0, 0.05) is 47.9 Å². The van der Waals surface area contributed by atoms with E-state index in [1.54, 1.807) is 49.6 Å². The molecule has 2 atom stereocenters. The number of aromatic nitrogens is 3. The van der Waals surface area contributed by atoms with Crippen LogP contribution in [0.2, 0.25) is 0 Å². The molecule has 0 radical (unpaired) electrons. The number of halogens is 2. The molecule has 1 aliphatic heterocycles. The van der Waals surface area contributed by atoms with Crippen molar-refractivity contribution < 1.29 is 31.8 Å². The lowest BCUT2D eigenvalue weighted by molar-refractivity contribution is 0.119. The molecule has 11 nitrogen and oxygen atoms in total. The monoisotopic (exact) mass is 674 g/mol. The van der Waals surface area contributed by atoms with Crippen LogP contribution >= 0.6 is 0 Å². The minimum absolute atomic E-state index is 0.0493.